The van der Waals surface area contributed by atoms with Crippen molar-refractivity contribution in [3.05, 3.63) is 0 Å². The molecule has 0 unspecified atom stereocenters. The van der Waals surface area contributed by atoms with Gasteiger partial charge in [-0.25, -0.2) is 0 Å². The molecule has 1 fully saturated rings. The van der Waals surface area contributed by atoms with Crippen LogP contribution >= 0.6 is 0 Å². The molecule has 0 atom stereocenters. The van der Waals surface area contributed by atoms with Crippen molar-refractivity contribution in [3.8, 4) is 0 Å². The average molecular weight is 142 g/mol. The lowest BCUT2D eigenvalue weighted by atomic mass is 9.96. The normalized spacial score (nSPS) is 18.4. The number of rotatable bonds is 4. The third-order valence-corrected chi connectivity index (χ3v) is 1.78. The highest BCUT2D eigenvalue weighted by atomic mass is 16.5. The fourth-order valence-corrected chi connectivity index (χ4v) is 0.873. The Bertz CT molecular complexity index is 121. The molecule has 58 valence electrons. The molecule has 0 aromatic rings. The lowest BCUT2D eigenvalue weighted by molar-refractivity contribution is 0.00617. The molecular weight excluding hydrogens is 128 g/mol. The van der Waals surface area contributed by atoms with Gasteiger partial charge in [0.25, 0.3) is 0 Å². The molecule has 1 rings (SSSR count). The summed E-state index contributed by atoms with van der Waals surface area (Å²) in [7, 11) is 0. The Morgan fingerprint density at radius 1 is 1.60 bits per heavy atom. The van der Waals surface area contributed by atoms with E-state index in [1.54, 1.807) is 0 Å². The third kappa shape index (κ3) is 2.35. The van der Waals surface area contributed by atoms with E-state index in [1.165, 1.54) is 19.3 Å². The van der Waals surface area contributed by atoms with Crippen LogP contribution in [0.3, 0.4) is 0 Å². The highest BCUT2D eigenvalue weighted by molar-refractivity contribution is 5.76. The summed E-state index contributed by atoms with van der Waals surface area (Å²) < 4.78 is 5.37. The van der Waals surface area contributed by atoms with Crippen molar-refractivity contribution in [2.45, 2.75) is 31.8 Å². The Balaban J connectivity index is 1.89. The smallest absolute Gasteiger partial charge is 0.0928 e. The van der Waals surface area contributed by atoms with E-state index >= 15 is 0 Å². The van der Waals surface area contributed by atoms with Crippen LogP contribution in [0.25, 0.3) is 0 Å². The van der Waals surface area contributed by atoms with Gasteiger partial charge in [-0.1, -0.05) is 0 Å². The molecule has 3 heteroatoms. The predicted octanol–water partition coefficient (Wildman–Crippen LogP) is 0.882. The van der Waals surface area contributed by atoms with Gasteiger partial charge in [-0.15, -0.1) is 0 Å². The van der Waals surface area contributed by atoms with Gasteiger partial charge in [0.05, 0.1) is 18.5 Å². The van der Waals surface area contributed by atoms with E-state index in [0.29, 0.717) is 19.1 Å². The summed E-state index contributed by atoms with van der Waals surface area (Å²) in [5.41, 5.74) is 5.14. The quantitative estimate of drug-likeness (QED) is 0.452. The van der Waals surface area contributed by atoms with Crippen molar-refractivity contribution >= 4 is 5.84 Å². The van der Waals surface area contributed by atoms with Crippen molar-refractivity contribution in [1.82, 2.24) is 0 Å². The summed E-state index contributed by atoms with van der Waals surface area (Å²) in [4.78, 5) is 0. The van der Waals surface area contributed by atoms with Crippen LogP contribution in [0.4, 0.5) is 0 Å². The average Bonchev–Trinajstić information content (AvgIpc) is 1.75. The van der Waals surface area contributed by atoms with Crippen LogP contribution in [0, 0.1) is 5.41 Å². The van der Waals surface area contributed by atoms with Crippen molar-refractivity contribution in [2.75, 3.05) is 6.61 Å². The minimum atomic E-state index is 0.222. The molecule has 0 aliphatic heterocycles. The standard InChI is InChI=1S/C7H14N2O/c8-7(9)4-5-10-6-2-1-3-6/h6H,1-5H2,(H3,8,9). The number of nitrogens with two attached hydrogens (primary N) is 1. The molecular formula is C7H14N2O. The Morgan fingerprint density at radius 2 is 2.30 bits per heavy atom. The minimum absolute atomic E-state index is 0.222. The van der Waals surface area contributed by atoms with Gasteiger partial charge in [-0.2, -0.15) is 0 Å². The molecule has 0 radical (unpaired) electrons. The number of ether oxygens (including phenoxy) is 1. The fourth-order valence-electron chi connectivity index (χ4n) is 0.873. The number of nitrogens with one attached hydrogen (secondary N) is 1. The third-order valence-electron chi connectivity index (χ3n) is 1.78. The molecule has 1 aliphatic carbocycles. The number of hydrogen-bond donors (Lipinski definition) is 2. The highest BCUT2D eigenvalue weighted by Gasteiger charge is 2.17. The molecule has 1 aliphatic rings. The molecule has 0 aromatic heterocycles. The summed E-state index contributed by atoms with van der Waals surface area (Å²) in [6.07, 6.45) is 4.73. The van der Waals surface area contributed by atoms with Crippen LogP contribution in [0.1, 0.15) is 25.7 Å². The lowest BCUT2D eigenvalue weighted by Crippen LogP contribution is -2.23. The first-order valence-electron chi connectivity index (χ1n) is 3.73. The summed E-state index contributed by atoms with van der Waals surface area (Å²) >= 11 is 0. The van der Waals surface area contributed by atoms with Crippen molar-refractivity contribution in [3.63, 3.8) is 0 Å². The van der Waals surface area contributed by atoms with Crippen molar-refractivity contribution in [2.24, 2.45) is 5.73 Å². The first-order valence-corrected chi connectivity index (χ1v) is 3.73. The zero-order valence-electron chi connectivity index (χ0n) is 6.10. The van der Waals surface area contributed by atoms with Crippen LogP contribution in [0.15, 0.2) is 0 Å². The highest BCUT2D eigenvalue weighted by Crippen LogP contribution is 2.21. The van der Waals surface area contributed by atoms with Crippen molar-refractivity contribution in [1.29, 1.82) is 5.41 Å². The van der Waals surface area contributed by atoms with Gasteiger partial charge in [-0.05, 0) is 19.3 Å². The Kier molecular flexibility index (Phi) is 2.68. The van der Waals surface area contributed by atoms with Gasteiger partial charge in [0.2, 0.25) is 0 Å². The molecule has 0 amide bonds. The van der Waals surface area contributed by atoms with Gasteiger partial charge in [0.15, 0.2) is 0 Å². The summed E-state index contributed by atoms with van der Waals surface area (Å²) in [6, 6.07) is 0. The maximum absolute atomic E-state index is 6.91. The SMILES string of the molecule is N=C(N)CCOC1CCC1. The second-order valence-electron chi connectivity index (χ2n) is 2.70. The molecule has 0 heterocycles. The molecule has 0 spiro atoms. The number of amidine groups is 1. The predicted molar refractivity (Wildman–Crippen MR) is 40.1 cm³/mol. The molecule has 0 aromatic carbocycles. The zero-order valence-corrected chi connectivity index (χ0v) is 6.10. The largest absolute Gasteiger partial charge is 0.388 e. The van der Waals surface area contributed by atoms with Crippen molar-refractivity contribution < 1.29 is 4.74 Å². The molecule has 3 nitrogen and oxygen atoms in total. The lowest BCUT2D eigenvalue weighted by Gasteiger charge is -2.25. The summed E-state index contributed by atoms with van der Waals surface area (Å²) in [5, 5.41) is 6.91. The van der Waals surface area contributed by atoms with Gasteiger partial charge >= 0.3 is 0 Å². The maximum Gasteiger partial charge on any atom is 0.0928 e. The van der Waals surface area contributed by atoms with Crippen LogP contribution < -0.4 is 5.73 Å². The van der Waals surface area contributed by atoms with E-state index < -0.39 is 0 Å². The molecule has 0 bridgehead atoms. The maximum atomic E-state index is 6.91. The van der Waals surface area contributed by atoms with Crippen LogP contribution in [-0.2, 0) is 4.74 Å². The van der Waals surface area contributed by atoms with Crippen LogP contribution in [0.2, 0.25) is 0 Å². The first kappa shape index (κ1) is 7.54. The molecule has 3 N–H and O–H groups in total. The van der Waals surface area contributed by atoms with E-state index in [-0.39, 0.29) is 5.84 Å². The second-order valence-corrected chi connectivity index (χ2v) is 2.70. The molecule has 1 saturated carbocycles. The van der Waals surface area contributed by atoms with Crippen LogP contribution in [-0.4, -0.2) is 18.5 Å². The van der Waals surface area contributed by atoms with E-state index in [9.17, 15) is 0 Å². The van der Waals surface area contributed by atoms with Gasteiger partial charge in [0.1, 0.15) is 0 Å². The fraction of sp³-hybridized carbons (Fsp3) is 0.857. The molecule has 0 saturated heterocycles. The molecule has 10 heavy (non-hydrogen) atoms. The van der Waals surface area contributed by atoms with E-state index in [2.05, 4.69) is 0 Å². The summed E-state index contributed by atoms with van der Waals surface area (Å²) in [6.45, 7) is 0.625. The van der Waals surface area contributed by atoms with Gasteiger partial charge in [0, 0.05) is 6.42 Å². The Morgan fingerprint density at radius 3 is 2.70 bits per heavy atom. The first-order chi connectivity index (χ1) is 4.79. The number of hydrogen-bond acceptors (Lipinski definition) is 2. The summed E-state index contributed by atoms with van der Waals surface area (Å²) in [5.74, 6) is 0.222. The van der Waals surface area contributed by atoms with E-state index in [4.69, 9.17) is 15.9 Å². The van der Waals surface area contributed by atoms with Crippen LogP contribution in [0.5, 0.6) is 0 Å². The Hall–Kier alpha value is -0.570. The van der Waals surface area contributed by atoms with E-state index in [1.807, 2.05) is 0 Å². The second kappa shape index (κ2) is 3.56. The van der Waals surface area contributed by atoms with Gasteiger partial charge < -0.3 is 10.5 Å². The van der Waals surface area contributed by atoms with Gasteiger partial charge in [-0.3, -0.25) is 5.41 Å². The Labute approximate surface area is 61.1 Å². The minimum Gasteiger partial charge on any atom is -0.388 e. The van der Waals surface area contributed by atoms with E-state index in [0.717, 1.165) is 0 Å². The monoisotopic (exact) mass is 142 g/mol. The topological polar surface area (TPSA) is 59.1 Å². The zero-order chi connectivity index (χ0) is 7.40.